The lowest BCUT2D eigenvalue weighted by molar-refractivity contribution is 1.33. The highest BCUT2D eigenvalue weighted by Crippen LogP contribution is 2.44. The van der Waals surface area contributed by atoms with E-state index < -0.39 is 15.8 Å². The van der Waals surface area contributed by atoms with Crippen molar-refractivity contribution in [2.75, 3.05) is 0 Å². The fraction of sp³-hybridized carbons (Fsp3) is 0.0625. The lowest BCUT2D eigenvalue weighted by atomic mass is 10.2. The fourth-order valence-electron chi connectivity index (χ4n) is 4.31. The molecule has 0 atom stereocenters. The third-order valence-electron chi connectivity index (χ3n) is 6.14. The smallest absolute Gasteiger partial charge is 0.0445 e. The van der Waals surface area contributed by atoms with Gasteiger partial charge in [-0.05, 0) is 60.3 Å². The van der Waals surface area contributed by atoms with Crippen molar-refractivity contribution in [2.45, 2.75) is 12.3 Å². The molecule has 5 aromatic rings. The van der Waals surface area contributed by atoms with Crippen molar-refractivity contribution in [3.63, 3.8) is 0 Å². The van der Waals surface area contributed by atoms with Crippen molar-refractivity contribution in [1.82, 2.24) is 0 Å². The number of hydrogen-bond donors (Lipinski definition) is 0. The molecule has 0 amide bonds. The van der Waals surface area contributed by atoms with Crippen molar-refractivity contribution in [3.8, 4) is 0 Å². The minimum atomic E-state index is -0.593. The Morgan fingerprint density at radius 2 is 0.639 bits per heavy atom. The van der Waals surface area contributed by atoms with E-state index in [0.717, 1.165) is 33.5 Å². The highest BCUT2D eigenvalue weighted by atomic mass is 35.5. The fourth-order valence-corrected chi connectivity index (χ4v) is 9.66. The monoisotopic (exact) mass is 542 g/mol. The van der Waals surface area contributed by atoms with E-state index in [-0.39, 0.29) is 0 Å². The molecule has 0 radical (unpaired) electrons. The van der Waals surface area contributed by atoms with Crippen LogP contribution in [0.5, 0.6) is 0 Å². The van der Waals surface area contributed by atoms with Crippen molar-refractivity contribution in [3.05, 3.63) is 155 Å². The highest BCUT2D eigenvalue weighted by molar-refractivity contribution is 7.72. The standard InChI is InChI=1S/C32H26Cl2P2/c33-31-22-26(24-36(29-17-9-3-10-18-29)30-19-11-4-12-20-30)32(34)21-25(31)23-35(27-13-5-1-6-14-27)28-15-7-2-8-16-28/h1-22H,23-24H2. The Kier molecular flexibility index (Phi) is 8.53. The molecule has 0 aliphatic heterocycles. The van der Waals surface area contributed by atoms with E-state index in [1.54, 1.807) is 0 Å². The van der Waals surface area contributed by atoms with Crippen LogP contribution in [0.4, 0.5) is 0 Å². The first-order chi connectivity index (χ1) is 17.7. The van der Waals surface area contributed by atoms with E-state index in [1.165, 1.54) is 21.2 Å². The molecule has 0 saturated carbocycles. The van der Waals surface area contributed by atoms with E-state index in [1.807, 2.05) is 0 Å². The van der Waals surface area contributed by atoms with Crippen LogP contribution in [0.1, 0.15) is 11.1 Å². The molecular formula is C32H26Cl2P2. The third kappa shape index (κ3) is 6.08. The zero-order chi connectivity index (χ0) is 24.7. The molecule has 0 N–H and O–H groups in total. The minimum absolute atomic E-state index is 0.593. The molecule has 0 bridgehead atoms. The van der Waals surface area contributed by atoms with Crippen LogP contribution < -0.4 is 21.2 Å². The summed E-state index contributed by atoms with van der Waals surface area (Å²) in [6.45, 7) is 0. The van der Waals surface area contributed by atoms with Crippen LogP contribution in [0.25, 0.3) is 0 Å². The summed E-state index contributed by atoms with van der Waals surface area (Å²) in [6.07, 6.45) is 1.71. The lowest BCUT2D eigenvalue weighted by Crippen LogP contribution is -2.14. The Balaban J connectivity index is 1.47. The summed E-state index contributed by atoms with van der Waals surface area (Å²) in [5.41, 5.74) is 2.21. The second-order valence-electron chi connectivity index (χ2n) is 8.55. The molecule has 0 heterocycles. The average molecular weight is 543 g/mol. The topological polar surface area (TPSA) is 0 Å². The Morgan fingerprint density at radius 1 is 0.389 bits per heavy atom. The SMILES string of the molecule is Clc1cc(CP(c2ccccc2)c2ccccc2)c(Cl)cc1CP(c1ccccc1)c1ccccc1. The zero-order valence-electron chi connectivity index (χ0n) is 19.8. The molecule has 0 saturated heterocycles. The maximum absolute atomic E-state index is 6.95. The summed E-state index contributed by atoms with van der Waals surface area (Å²) < 4.78 is 0. The van der Waals surface area contributed by atoms with E-state index in [4.69, 9.17) is 23.2 Å². The summed E-state index contributed by atoms with van der Waals surface area (Å²) in [4.78, 5) is 0. The maximum atomic E-state index is 6.95. The number of halogens is 2. The summed E-state index contributed by atoms with van der Waals surface area (Å²) in [5.74, 6) is 0. The van der Waals surface area contributed by atoms with Gasteiger partial charge in [-0.15, -0.1) is 0 Å². The van der Waals surface area contributed by atoms with Crippen LogP contribution in [0.3, 0.4) is 0 Å². The summed E-state index contributed by atoms with van der Waals surface area (Å²) in [5, 5.41) is 6.95. The third-order valence-corrected chi connectivity index (χ3v) is 11.8. The van der Waals surface area contributed by atoms with Gasteiger partial charge < -0.3 is 0 Å². The van der Waals surface area contributed by atoms with Crippen molar-refractivity contribution < 1.29 is 0 Å². The first-order valence-electron chi connectivity index (χ1n) is 11.9. The molecule has 178 valence electrons. The summed E-state index contributed by atoms with van der Waals surface area (Å²) in [6, 6.07) is 47.1. The predicted octanol–water partition coefficient (Wildman–Crippen LogP) is 8.26. The Morgan fingerprint density at radius 3 is 0.889 bits per heavy atom. The van der Waals surface area contributed by atoms with Crippen molar-refractivity contribution in [2.24, 2.45) is 0 Å². The van der Waals surface area contributed by atoms with Crippen LogP contribution in [-0.2, 0) is 12.3 Å². The number of benzene rings is 5. The van der Waals surface area contributed by atoms with Gasteiger partial charge in [-0.2, -0.15) is 0 Å². The lowest BCUT2D eigenvalue weighted by Gasteiger charge is -2.22. The van der Waals surface area contributed by atoms with Gasteiger partial charge in [0.2, 0.25) is 0 Å². The van der Waals surface area contributed by atoms with E-state index in [2.05, 4.69) is 133 Å². The first-order valence-corrected chi connectivity index (χ1v) is 15.7. The summed E-state index contributed by atoms with van der Waals surface area (Å²) in [7, 11) is -1.19. The second kappa shape index (κ2) is 12.2. The molecule has 0 unspecified atom stereocenters. The van der Waals surface area contributed by atoms with Gasteiger partial charge in [0.1, 0.15) is 0 Å². The van der Waals surface area contributed by atoms with E-state index in [0.29, 0.717) is 0 Å². The van der Waals surface area contributed by atoms with Gasteiger partial charge >= 0.3 is 0 Å². The number of rotatable bonds is 8. The molecule has 5 rings (SSSR count). The van der Waals surface area contributed by atoms with Gasteiger partial charge in [-0.1, -0.05) is 145 Å². The second-order valence-corrected chi connectivity index (χ2v) is 13.8. The van der Waals surface area contributed by atoms with Crippen LogP contribution in [0, 0.1) is 0 Å². The summed E-state index contributed by atoms with van der Waals surface area (Å²) >= 11 is 13.9. The van der Waals surface area contributed by atoms with Crippen LogP contribution in [0.2, 0.25) is 10.0 Å². The number of hydrogen-bond acceptors (Lipinski definition) is 0. The van der Waals surface area contributed by atoms with Gasteiger partial charge in [-0.3, -0.25) is 0 Å². The highest BCUT2D eigenvalue weighted by Gasteiger charge is 2.20. The largest absolute Gasteiger partial charge is 0.0840 e. The molecule has 4 heteroatoms. The van der Waals surface area contributed by atoms with E-state index >= 15 is 0 Å². The minimum Gasteiger partial charge on any atom is -0.0840 e. The zero-order valence-corrected chi connectivity index (χ0v) is 23.1. The van der Waals surface area contributed by atoms with E-state index in [9.17, 15) is 0 Å². The normalized spacial score (nSPS) is 11.2. The van der Waals surface area contributed by atoms with Gasteiger partial charge in [0.05, 0.1) is 0 Å². The Bertz CT molecular complexity index is 1200. The van der Waals surface area contributed by atoms with Crippen molar-refractivity contribution in [1.29, 1.82) is 0 Å². The molecule has 0 spiro atoms. The molecular weight excluding hydrogens is 517 g/mol. The molecule has 5 aromatic carbocycles. The first kappa shape index (κ1) is 25.2. The van der Waals surface area contributed by atoms with Gasteiger partial charge in [0.25, 0.3) is 0 Å². The Hall–Kier alpha value is -2.46. The maximum Gasteiger partial charge on any atom is 0.0445 e. The van der Waals surface area contributed by atoms with Crippen LogP contribution >= 0.6 is 39.0 Å². The average Bonchev–Trinajstić information content (AvgIpc) is 2.94. The predicted molar refractivity (Wildman–Crippen MR) is 162 cm³/mol. The van der Waals surface area contributed by atoms with Crippen LogP contribution in [0.15, 0.2) is 133 Å². The molecule has 0 aliphatic rings. The van der Waals surface area contributed by atoms with Gasteiger partial charge in [0.15, 0.2) is 0 Å². The molecule has 0 aliphatic carbocycles. The molecule has 0 aromatic heterocycles. The quantitative estimate of drug-likeness (QED) is 0.173. The van der Waals surface area contributed by atoms with Crippen molar-refractivity contribution >= 4 is 60.3 Å². The Labute approximate surface area is 226 Å². The van der Waals surface area contributed by atoms with Gasteiger partial charge in [0, 0.05) is 22.4 Å². The molecule has 0 fully saturated rings. The molecule has 36 heavy (non-hydrogen) atoms. The molecule has 0 nitrogen and oxygen atoms in total. The van der Waals surface area contributed by atoms with Crippen LogP contribution in [-0.4, -0.2) is 0 Å². The van der Waals surface area contributed by atoms with Gasteiger partial charge in [-0.25, -0.2) is 0 Å².